The van der Waals surface area contributed by atoms with Gasteiger partial charge in [-0.25, -0.2) is 0 Å². The fourth-order valence-electron chi connectivity index (χ4n) is 0.695. The van der Waals surface area contributed by atoms with Crippen molar-refractivity contribution in [3.05, 3.63) is 11.8 Å². The summed E-state index contributed by atoms with van der Waals surface area (Å²) in [6.45, 7) is 2.57. The molecule has 65 valence electrons. The zero-order valence-corrected chi connectivity index (χ0v) is 7.48. The van der Waals surface area contributed by atoms with Crippen LogP contribution in [0.15, 0.2) is 6.07 Å². The fourth-order valence-corrected chi connectivity index (χ4v) is 1.18. The normalized spacial score (nSPS) is 9.75. The molecule has 0 atom stereocenters. The van der Waals surface area contributed by atoms with Crippen LogP contribution in [0.3, 0.4) is 0 Å². The molecule has 1 aromatic rings. The number of hydrogen-bond acceptors (Lipinski definition) is 3. The topological polar surface area (TPSA) is 61.9 Å². The third-order valence-corrected chi connectivity index (χ3v) is 1.84. The number of carbonyl (C=O) groups excluding carboxylic acids is 1. The molecule has 0 aromatic carbocycles. The van der Waals surface area contributed by atoms with Gasteiger partial charge in [0.2, 0.25) is 0 Å². The van der Waals surface area contributed by atoms with Crippen LogP contribution in [0.1, 0.15) is 23.8 Å². The van der Waals surface area contributed by atoms with E-state index in [0.29, 0.717) is 6.54 Å². The van der Waals surface area contributed by atoms with Crippen molar-refractivity contribution >= 4 is 17.4 Å². The molecule has 0 aliphatic heterocycles. The monoisotopic (exact) mass is 185 g/mol. The third kappa shape index (κ3) is 2.20. The second-order valence-electron chi connectivity index (χ2n) is 2.29. The first-order valence-electron chi connectivity index (χ1n) is 3.66. The van der Waals surface area contributed by atoms with E-state index in [1.54, 1.807) is 0 Å². The zero-order chi connectivity index (χ0) is 8.97. The summed E-state index contributed by atoms with van der Waals surface area (Å²) >= 11 is 0.800. The molecule has 0 bridgehead atoms. The average molecular weight is 185 g/mol. The molecule has 0 spiro atoms. The maximum Gasteiger partial charge on any atom is 0.271 e. The summed E-state index contributed by atoms with van der Waals surface area (Å²) in [5.41, 5.74) is 0.221. The molecule has 5 heteroatoms. The van der Waals surface area contributed by atoms with Crippen LogP contribution < -0.4 is 5.32 Å². The van der Waals surface area contributed by atoms with Crippen LogP contribution in [0, 0.1) is 0 Å². The van der Waals surface area contributed by atoms with E-state index in [2.05, 4.69) is 9.69 Å². The van der Waals surface area contributed by atoms with Crippen molar-refractivity contribution < 1.29 is 9.90 Å². The van der Waals surface area contributed by atoms with Gasteiger partial charge in [0.15, 0.2) is 0 Å². The smallest absolute Gasteiger partial charge is 0.271 e. The highest BCUT2D eigenvalue weighted by Crippen LogP contribution is 2.17. The van der Waals surface area contributed by atoms with Crippen LogP contribution in [-0.4, -0.2) is 16.8 Å². The second kappa shape index (κ2) is 4.06. The van der Waals surface area contributed by atoms with Crippen molar-refractivity contribution in [2.24, 2.45) is 0 Å². The van der Waals surface area contributed by atoms with Gasteiger partial charge in [-0.1, -0.05) is 6.92 Å². The summed E-state index contributed by atoms with van der Waals surface area (Å²) < 4.78 is 3.69. The SMILES string of the molecule is CCCNC(=O)c1cc([O])sn1. The number of aromatic nitrogens is 1. The minimum atomic E-state index is -0.268. The highest BCUT2D eigenvalue weighted by atomic mass is 32.1. The fraction of sp³-hybridized carbons (Fsp3) is 0.429. The average Bonchev–Trinajstić information content (AvgIpc) is 2.47. The van der Waals surface area contributed by atoms with Crippen molar-refractivity contribution in [1.29, 1.82) is 0 Å². The molecule has 1 radical (unpaired) electrons. The Morgan fingerprint density at radius 3 is 3.00 bits per heavy atom. The van der Waals surface area contributed by atoms with E-state index in [1.165, 1.54) is 6.07 Å². The van der Waals surface area contributed by atoms with Gasteiger partial charge in [-0.2, -0.15) is 4.37 Å². The molecule has 4 nitrogen and oxygen atoms in total. The lowest BCUT2D eigenvalue weighted by molar-refractivity contribution is 0.0949. The number of nitrogens with zero attached hydrogens (tertiary/aromatic N) is 1. The Labute approximate surface area is 74.4 Å². The lowest BCUT2D eigenvalue weighted by Crippen LogP contribution is -2.24. The molecule has 0 fully saturated rings. The Kier molecular flexibility index (Phi) is 3.04. The molecular formula is C7H9N2O2S. The van der Waals surface area contributed by atoms with E-state index in [-0.39, 0.29) is 16.7 Å². The summed E-state index contributed by atoms with van der Waals surface area (Å²) in [5, 5.41) is 13.1. The summed E-state index contributed by atoms with van der Waals surface area (Å²) in [4.78, 5) is 11.1. The van der Waals surface area contributed by atoms with Gasteiger partial charge in [-0.3, -0.25) is 9.90 Å². The van der Waals surface area contributed by atoms with Gasteiger partial charge in [0, 0.05) is 24.1 Å². The van der Waals surface area contributed by atoms with E-state index in [9.17, 15) is 9.90 Å². The van der Waals surface area contributed by atoms with Crippen molar-refractivity contribution in [2.75, 3.05) is 6.54 Å². The molecule has 1 aromatic heterocycles. The van der Waals surface area contributed by atoms with Gasteiger partial charge in [0.05, 0.1) is 0 Å². The van der Waals surface area contributed by atoms with Crippen LogP contribution in [0.5, 0.6) is 5.06 Å². The molecule has 0 aliphatic carbocycles. The minimum Gasteiger partial charge on any atom is -0.351 e. The zero-order valence-electron chi connectivity index (χ0n) is 6.66. The Hall–Kier alpha value is -1.10. The van der Waals surface area contributed by atoms with E-state index in [4.69, 9.17) is 0 Å². The van der Waals surface area contributed by atoms with Gasteiger partial charge >= 0.3 is 0 Å². The van der Waals surface area contributed by atoms with Crippen LogP contribution in [-0.2, 0) is 5.11 Å². The summed E-state index contributed by atoms with van der Waals surface area (Å²) in [6, 6.07) is 1.25. The van der Waals surface area contributed by atoms with E-state index in [0.717, 1.165) is 18.0 Å². The Bertz CT molecular complexity index is 272. The number of hydrogen-bond donors (Lipinski definition) is 1. The first-order valence-corrected chi connectivity index (χ1v) is 4.43. The molecule has 1 rings (SSSR count). The lowest BCUT2D eigenvalue weighted by atomic mass is 10.4. The number of rotatable bonds is 3. The molecule has 0 unspecified atom stereocenters. The predicted molar refractivity (Wildman–Crippen MR) is 44.9 cm³/mol. The van der Waals surface area contributed by atoms with E-state index >= 15 is 0 Å². The molecular weight excluding hydrogens is 176 g/mol. The first kappa shape index (κ1) is 8.99. The Morgan fingerprint density at radius 1 is 1.75 bits per heavy atom. The number of amides is 1. The molecule has 0 saturated heterocycles. The van der Waals surface area contributed by atoms with Crippen LogP contribution in [0.25, 0.3) is 0 Å². The van der Waals surface area contributed by atoms with Crippen molar-refractivity contribution in [3.63, 3.8) is 0 Å². The minimum absolute atomic E-state index is 0.184. The van der Waals surface area contributed by atoms with Crippen molar-refractivity contribution in [3.8, 4) is 5.06 Å². The summed E-state index contributed by atoms with van der Waals surface area (Å²) in [5.74, 6) is -0.268. The van der Waals surface area contributed by atoms with Gasteiger partial charge in [-0.05, 0) is 6.42 Å². The maximum absolute atomic E-state index is 11.1. The van der Waals surface area contributed by atoms with Crippen LogP contribution >= 0.6 is 11.5 Å². The number of carbonyl (C=O) groups is 1. The highest BCUT2D eigenvalue weighted by Gasteiger charge is 2.09. The van der Waals surface area contributed by atoms with Gasteiger partial charge in [-0.15, -0.1) is 0 Å². The van der Waals surface area contributed by atoms with E-state index in [1.807, 2.05) is 6.92 Å². The van der Waals surface area contributed by atoms with E-state index < -0.39 is 0 Å². The molecule has 0 saturated carbocycles. The Morgan fingerprint density at radius 2 is 2.50 bits per heavy atom. The van der Waals surface area contributed by atoms with Crippen molar-refractivity contribution in [1.82, 2.24) is 9.69 Å². The highest BCUT2D eigenvalue weighted by molar-refractivity contribution is 7.07. The molecule has 1 heterocycles. The number of nitrogens with one attached hydrogen (secondary N) is 1. The maximum atomic E-state index is 11.1. The summed E-state index contributed by atoms with van der Waals surface area (Å²) in [6.07, 6.45) is 0.875. The predicted octanol–water partition coefficient (Wildman–Crippen LogP) is 1.43. The Balaban J connectivity index is 2.53. The summed E-state index contributed by atoms with van der Waals surface area (Å²) in [7, 11) is 0. The van der Waals surface area contributed by atoms with Gasteiger partial charge in [0.1, 0.15) is 5.69 Å². The molecule has 1 N–H and O–H groups in total. The van der Waals surface area contributed by atoms with Crippen LogP contribution in [0.4, 0.5) is 0 Å². The second-order valence-corrected chi connectivity index (χ2v) is 3.05. The van der Waals surface area contributed by atoms with Gasteiger partial charge in [0.25, 0.3) is 11.0 Å². The lowest BCUT2D eigenvalue weighted by Gasteiger charge is -1.97. The van der Waals surface area contributed by atoms with Gasteiger partial charge < -0.3 is 5.32 Å². The standard InChI is InChI=1S/C7H9N2O2S/c1-2-3-8-7(11)5-4-6(10)12-9-5/h4H,2-3H2,1H3,(H,8,11). The molecule has 0 aliphatic rings. The van der Waals surface area contributed by atoms with Crippen molar-refractivity contribution in [2.45, 2.75) is 13.3 Å². The van der Waals surface area contributed by atoms with Crippen LogP contribution in [0.2, 0.25) is 0 Å². The third-order valence-electron chi connectivity index (χ3n) is 1.26. The quantitative estimate of drug-likeness (QED) is 0.774. The molecule has 1 amide bonds. The first-order chi connectivity index (χ1) is 5.74. The molecule has 12 heavy (non-hydrogen) atoms. The largest absolute Gasteiger partial charge is 0.351 e.